The minimum Gasteiger partial charge on any atom is -0.355 e. The highest BCUT2D eigenvalue weighted by atomic mass is 32.2. The van der Waals surface area contributed by atoms with Gasteiger partial charge in [-0.25, -0.2) is 0 Å². The van der Waals surface area contributed by atoms with E-state index in [1.807, 2.05) is 13.2 Å². The molecule has 0 aromatic rings. The molecule has 1 saturated carbocycles. The van der Waals surface area contributed by atoms with Gasteiger partial charge < -0.3 is 10.6 Å². The van der Waals surface area contributed by atoms with Crippen LogP contribution in [-0.4, -0.2) is 37.0 Å². The summed E-state index contributed by atoms with van der Waals surface area (Å²) in [5.41, 5.74) is 0. The summed E-state index contributed by atoms with van der Waals surface area (Å²) in [5.74, 6) is 1.21. The van der Waals surface area contributed by atoms with E-state index in [-0.39, 0.29) is 11.8 Å². The summed E-state index contributed by atoms with van der Waals surface area (Å²) in [6, 6.07) is 0.674. The standard InChI is InChI=1S/C14H28N2OS/c1-12(11-18-2)14(17)16-10-9-15-13-7-5-3-4-6-8-13/h12-13,15H,3-11H2,1-2H3,(H,16,17). The van der Waals surface area contributed by atoms with E-state index in [1.54, 1.807) is 11.8 Å². The van der Waals surface area contributed by atoms with Crippen LogP contribution in [0.1, 0.15) is 45.4 Å². The van der Waals surface area contributed by atoms with E-state index in [2.05, 4.69) is 10.6 Å². The van der Waals surface area contributed by atoms with Crippen LogP contribution in [0.2, 0.25) is 0 Å². The number of rotatable bonds is 7. The number of hydrogen-bond donors (Lipinski definition) is 2. The number of carbonyl (C=O) groups is 1. The van der Waals surface area contributed by atoms with Gasteiger partial charge >= 0.3 is 0 Å². The maximum Gasteiger partial charge on any atom is 0.223 e. The molecule has 0 saturated heterocycles. The molecule has 0 bridgehead atoms. The van der Waals surface area contributed by atoms with Crippen molar-refractivity contribution in [1.82, 2.24) is 10.6 Å². The van der Waals surface area contributed by atoms with Crippen molar-refractivity contribution in [3.8, 4) is 0 Å². The van der Waals surface area contributed by atoms with Crippen LogP contribution in [0.15, 0.2) is 0 Å². The van der Waals surface area contributed by atoms with Crippen LogP contribution < -0.4 is 10.6 Å². The molecular formula is C14H28N2OS. The van der Waals surface area contributed by atoms with Crippen LogP contribution in [0.4, 0.5) is 0 Å². The minimum absolute atomic E-state index is 0.123. The number of thioether (sulfide) groups is 1. The fourth-order valence-electron chi connectivity index (χ4n) is 2.45. The van der Waals surface area contributed by atoms with Gasteiger partial charge in [-0.05, 0) is 19.1 Å². The summed E-state index contributed by atoms with van der Waals surface area (Å²) in [5, 5.41) is 6.58. The Hall–Kier alpha value is -0.220. The quantitative estimate of drug-likeness (QED) is 0.552. The molecule has 1 rings (SSSR count). The second-order valence-electron chi connectivity index (χ2n) is 5.29. The number of hydrogen-bond acceptors (Lipinski definition) is 3. The second kappa shape index (κ2) is 9.68. The van der Waals surface area contributed by atoms with Crippen LogP contribution in [0.3, 0.4) is 0 Å². The molecule has 1 amide bonds. The highest BCUT2D eigenvalue weighted by molar-refractivity contribution is 7.98. The van der Waals surface area contributed by atoms with Gasteiger partial charge in [-0.1, -0.05) is 32.6 Å². The van der Waals surface area contributed by atoms with Crippen molar-refractivity contribution >= 4 is 17.7 Å². The zero-order chi connectivity index (χ0) is 13.2. The first-order valence-corrected chi connectivity index (χ1v) is 8.63. The van der Waals surface area contributed by atoms with E-state index in [9.17, 15) is 4.79 Å². The molecule has 2 N–H and O–H groups in total. The monoisotopic (exact) mass is 272 g/mol. The molecule has 0 spiro atoms. The predicted molar refractivity (Wildman–Crippen MR) is 80.0 cm³/mol. The molecule has 0 radical (unpaired) electrons. The van der Waals surface area contributed by atoms with E-state index in [1.165, 1.54) is 38.5 Å². The van der Waals surface area contributed by atoms with Gasteiger partial charge in [0.25, 0.3) is 0 Å². The third-order valence-corrected chi connectivity index (χ3v) is 4.41. The molecule has 1 fully saturated rings. The molecular weight excluding hydrogens is 244 g/mol. The molecule has 4 heteroatoms. The van der Waals surface area contributed by atoms with Crippen molar-refractivity contribution in [2.45, 2.75) is 51.5 Å². The van der Waals surface area contributed by atoms with Crippen LogP contribution in [0.25, 0.3) is 0 Å². The minimum atomic E-state index is 0.123. The molecule has 0 heterocycles. The Morgan fingerprint density at radius 3 is 2.50 bits per heavy atom. The largest absolute Gasteiger partial charge is 0.355 e. The van der Waals surface area contributed by atoms with E-state index in [4.69, 9.17) is 0 Å². The maximum absolute atomic E-state index is 11.7. The lowest BCUT2D eigenvalue weighted by Gasteiger charge is -2.17. The molecule has 1 aliphatic rings. The first-order valence-electron chi connectivity index (χ1n) is 7.24. The molecule has 0 aromatic heterocycles. The summed E-state index contributed by atoms with van der Waals surface area (Å²) in [6.07, 6.45) is 10.1. The molecule has 18 heavy (non-hydrogen) atoms. The molecule has 0 aromatic carbocycles. The summed E-state index contributed by atoms with van der Waals surface area (Å²) in [6.45, 7) is 3.65. The number of carbonyl (C=O) groups excluding carboxylic acids is 1. The van der Waals surface area contributed by atoms with E-state index in [0.717, 1.165) is 18.8 Å². The predicted octanol–water partition coefficient (Wildman–Crippen LogP) is 2.41. The van der Waals surface area contributed by atoms with Gasteiger partial charge in [0.2, 0.25) is 5.91 Å². The van der Waals surface area contributed by atoms with Gasteiger partial charge in [0.15, 0.2) is 0 Å². The number of nitrogens with one attached hydrogen (secondary N) is 2. The van der Waals surface area contributed by atoms with E-state index >= 15 is 0 Å². The average Bonchev–Trinajstić information content (AvgIpc) is 2.63. The Kier molecular flexibility index (Phi) is 8.51. The highest BCUT2D eigenvalue weighted by Gasteiger charge is 2.13. The van der Waals surface area contributed by atoms with Crippen molar-refractivity contribution in [2.24, 2.45) is 5.92 Å². The van der Waals surface area contributed by atoms with Gasteiger partial charge in [0, 0.05) is 30.8 Å². The first-order chi connectivity index (χ1) is 8.74. The summed E-state index contributed by atoms with van der Waals surface area (Å²) >= 11 is 1.73. The topological polar surface area (TPSA) is 41.1 Å². The smallest absolute Gasteiger partial charge is 0.223 e. The molecule has 1 atom stereocenters. The second-order valence-corrected chi connectivity index (χ2v) is 6.20. The molecule has 1 aliphatic carbocycles. The lowest BCUT2D eigenvalue weighted by Crippen LogP contribution is -2.39. The zero-order valence-electron chi connectivity index (χ0n) is 11.8. The van der Waals surface area contributed by atoms with Gasteiger partial charge in [-0.2, -0.15) is 11.8 Å². The molecule has 0 aliphatic heterocycles. The Bertz CT molecular complexity index is 228. The van der Waals surface area contributed by atoms with Crippen molar-refractivity contribution in [3.63, 3.8) is 0 Å². The average molecular weight is 272 g/mol. The zero-order valence-corrected chi connectivity index (χ0v) is 12.7. The lowest BCUT2D eigenvalue weighted by atomic mass is 10.1. The van der Waals surface area contributed by atoms with Crippen molar-refractivity contribution in [2.75, 3.05) is 25.1 Å². The Labute approximate surface area is 116 Å². The Morgan fingerprint density at radius 2 is 1.89 bits per heavy atom. The Balaban J connectivity index is 2.05. The van der Waals surface area contributed by atoms with Crippen molar-refractivity contribution in [3.05, 3.63) is 0 Å². The van der Waals surface area contributed by atoms with Crippen molar-refractivity contribution < 1.29 is 4.79 Å². The lowest BCUT2D eigenvalue weighted by molar-refractivity contribution is -0.123. The van der Waals surface area contributed by atoms with Crippen LogP contribution in [-0.2, 0) is 4.79 Å². The third-order valence-electron chi connectivity index (χ3n) is 3.58. The van der Waals surface area contributed by atoms with Gasteiger partial charge in [0.05, 0.1) is 0 Å². The van der Waals surface area contributed by atoms with E-state index < -0.39 is 0 Å². The highest BCUT2D eigenvalue weighted by Crippen LogP contribution is 2.16. The van der Waals surface area contributed by atoms with Crippen molar-refractivity contribution in [1.29, 1.82) is 0 Å². The fourth-order valence-corrected chi connectivity index (χ4v) is 3.10. The third kappa shape index (κ3) is 6.64. The van der Waals surface area contributed by atoms with E-state index in [0.29, 0.717) is 6.04 Å². The molecule has 1 unspecified atom stereocenters. The molecule has 106 valence electrons. The first kappa shape index (κ1) is 15.8. The summed E-state index contributed by atoms with van der Waals surface area (Å²) in [4.78, 5) is 11.7. The van der Waals surface area contributed by atoms with Crippen LogP contribution >= 0.6 is 11.8 Å². The van der Waals surface area contributed by atoms with Gasteiger partial charge in [-0.15, -0.1) is 0 Å². The number of amides is 1. The van der Waals surface area contributed by atoms with Crippen LogP contribution in [0, 0.1) is 5.92 Å². The maximum atomic E-state index is 11.7. The van der Waals surface area contributed by atoms with Crippen LogP contribution in [0.5, 0.6) is 0 Å². The Morgan fingerprint density at radius 1 is 1.22 bits per heavy atom. The molecule has 3 nitrogen and oxygen atoms in total. The summed E-state index contributed by atoms with van der Waals surface area (Å²) in [7, 11) is 0. The van der Waals surface area contributed by atoms with Gasteiger partial charge in [0.1, 0.15) is 0 Å². The summed E-state index contributed by atoms with van der Waals surface area (Å²) < 4.78 is 0. The fraction of sp³-hybridized carbons (Fsp3) is 0.929. The normalized spacial score (nSPS) is 19.2. The SMILES string of the molecule is CSCC(C)C(=O)NCCNC1CCCCCC1. The van der Waals surface area contributed by atoms with Gasteiger partial charge in [-0.3, -0.25) is 4.79 Å².